The Labute approximate surface area is 223 Å². The molecule has 0 aliphatic heterocycles. The first-order chi connectivity index (χ1) is 17.0. The topological polar surface area (TPSA) is 67.6 Å². The van der Waals surface area contributed by atoms with Crippen LogP contribution in [0.3, 0.4) is 0 Å². The first-order valence-corrected chi connectivity index (χ1v) is 14.4. The van der Waals surface area contributed by atoms with E-state index in [1.165, 1.54) is 0 Å². The summed E-state index contributed by atoms with van der Waals surface area (Å²) in [5.41, 5.74) is -1.12. The molecule has 4 saturated carbocycles. The number of ketones is 2. The summed E-state index contributed by atoms with van der Waals surface area (Å²) < 4.78 is 0. The lowest BCUT2D eigenvalue weighted by atomic mass is 9.32. The Morgan fingerprint density at radius 2 is 1.59 bits per heavy atom. The van der Waals surface area contributed by atoms with Crippen molar-refractivity contribution in [2.24, 2.45) is 50.7 Å². The van der Waals surface area contributed by atoms with Crippen LogP contribution in [-0.2, 0) is 14.4 Å². The molecule has 0 aromatic carbocycles. The van der Waals surface area contributed by atoms with Gasteiger partial charge in [-0.05, 0) is 84.4 Å². The van der Waals surface area contributed by atoms with Crippen LogP contribution in [0.2, 0.25) is 0 Å². The van der Waals surface area contributed by atoms with Crippen LogP contribution in [0.4, 0.5) is 0 Å². The zero-order valence-electron chi connectivity index (χ0n) is 24.2. The molecule has 0 radical (unpaired) electrons. The van der Waals surface area contributed by atoms with Gasteiger partial charge in [0.1, 0.15) is 5.78 Å². The largest absolute Gasteiger partial charge is 0.351 e. The highest BCUT2D eigenvalue weighted by Gasteiger charge is 2.72. The number of Topliss-reactive ketones (excluding diaryl/α,β-unsaturated/α-hetero) is 2. The van der Waals surface area contributed by atoms with E-state index >= 15 is 0 Å². The van der Waals surface area contributed by atoms with Gasteiger partial charge < -0.3 is 10.1 Å². The van der Waals surface area contributed by atoms with Crippen LogP contribution in [0.25, 0.3) is 4.85 Å². The van der Waals surface area contributed by atoms with E-state index < -0.39 is 5.41 Å². The van der Waals surface area contributed by atoms with Gasteiger partial charge >= 0.3 is 0 Å². The molecule has 8 atom stereocenters. The zero-order valence-corrected chi connectivity index (χ0v) is 24.2. The molecule has 5 rings (SSSR count). The quantitative estimate of drug-likeness (QED) is 0.411. The molecular formula is C32H46N2O3. The lowest BCUT2D eigenvalue weighted by Crippen LogP contribution is -2.72. The fourth-order valence-electron chi connectivity index (χ4n) is 10.8. The maximum atomic E-state index is 14.5. The number of nitrogens with one attached hydrogen (secondary N) is 1. The van der Waals surface area contributed by atoms with Gasteiger partial charge in [-0.15, -0.1) is 0 Å². The molecule has 4 fully saturated rings. The molecule has 0 aromatic heterocycles. The third-order valence-corrected chi connectivity index (χ3v) is 12.9. The fourth-order valence-corrected chi connectivity index (χ4v) is 10.8. The highest BCUT2D eigenvalue weighted by atomic mass is 16.1. The molecule has 0 saturated heterocycles. The third-order valence-electron chi connectivity index (χ3n) is 12.9. The van der Waals surface area contributed by atoms with Crippen molar-refractivity contribution in [2.75, 3.05) is 0 Å². The second-order valence-corrected chi connectivity index (χ2v) is 15.5. The minimum atomic E-state index is -0.605. The predicted molar refractivity (Wildman–Crippen MR) is 144 cm³/mol. The van der Waals surface area contributed by atoms with E-state index in [0.717, 1.165) is 44.9 Å². The Bertz CT molecular complexity index is 1140. The minimum absolute atomic E-state index is 0.0135. The predicted octanol–water partition coefficient (Wildman–Crippen LogP) is 6.53. The van der Waals surface area contributed by atoms with E-state index in [1.807, 2.05) is 19.9 Å². The molecule has 0 unspecified atom stereocenters. The standard InChI is InChI=1S/C32H46N2O3/c1-19(35)34-32-14-12-27(2,3)17-20(32)25-22(36)16-24-29(6)18-21(33-9)26(37)28(4,5)23(29)10-11-30(24,7)31(25,8)13-15-32/h18,20,23-25H,10-17H2,1-8H3,(H,34,35)/t20-,23-,24+,25-,29-,30+,31+,32-/m0/s1. The maximum Gasteiger partial charge on any atom is 0.226 e. The third kappa shape index (κ3) is 3.36. The smallest absolute Gasteiger partial charge is 0.226 e. The number of amides is 1. The van der Waals surface area contributed by atoms with Gasteiger partial charge in [0.2, 0.25) is 11.6 Å². The van der Waals surface area contributed by atoms with Crippen molar-refractivity contribution in [1.29, 1.82) is 0 Å². The second-order valence-electron chi connectivity index (χ2n) is 15.5. The van der Waals surface area contributed by atoms with Crippen LogP contribution in [0, 0.1) is 57.3 Å². The Kier molecular flexibility index (Phi) is 5.61. The van der Waals surface area contributed by atoms with E-state index in [2.05, 4.69) is 44.8 Å². The average molecular weight is 507 g/mol. The Morgan fingerprint density at radius 3 is 2.22 bits per heavy atom. The first-order valence-electron chi connectivity index (χ1n) is 14.4. The normalized spacial score (nSPS) is 47.8. The molecule has 202 valence electrons. The fraction of sp³-hybridized carbons (Fsp3) is 0.812. The number of rotatable bonds is 1. The number of nitrogens with zero attached hydrogens (tertiary/aromatic N) is 1. The summed E-state index contributed by atoms with van der Waals surface area (Å²) in [6, 6.07) is 0. The number of carbonyl (C=O) groups is 3. The van der Waals surface area contributed by atoms with Crippen LogP contribution < -0.4 is 5.32 Å². The van der Waals surface area contributed by atoms with Crippen molar-refractivity contribution in [2.45, 2.75) is 112 Å². The van der Waals surface area contributed by atoms with E-state index in [9.17, 15) is 14.4 Å². The molecule has 0 bridgehead atoms. The Balaban J connectivity index is 1.63. The van der Waals surface area contributed by atoms with Gasteiger partial charge in [0.25, 0.3) is 0 Å². The summed E-state index contributed by atoms with van der Waals surface area (Å²) >= 11 is 0. The maximum absolute atomic E-state index is 14.5. The monoisotopic (exact) mass is 506 g/mol. The number of hydrogen-bond donors (Lipinski definition) is 1. The molecule has 0 spiro atoms. The molecule has 5 aliphatic carbocycles. The number of hydrogen-bond acceptors (Lipinski definition) is 3. The molecule has 1 amide bonds. The first kappa shape index (κ1) is 26.6. The molecule has 37 heavy (non-hydrogen) atoms. The average Bonchev–Trinajstić information content (AvgIpc) is 2.78. The van der Waals surface area contributed by atoms with Gasteiger partial charge in [-0.3, -0.25) is 9.59 Å². The number of allylic oxidation sites excluding steroid dienone is 2. The van der Waals surface area contributed by atoms with Crippen molar-refractivity contribution < 1.29 is 14.4 Å². The Hall–Kier alpha value is -1.96. The molecule has 1 N–H and O–H groups in total. The van der Waals surface area contributed by atoms with E-state index in [0.29, 0.717) is 12.2 Å². The lowest BCUT2D eigenvalue weighted by molar-refractivity contribution is -0.215. The summed E-state index contributed by atoms with van der Waals surface area (Å²) in [4.78, 5) is 43.8. The molecule has 0 heterocycles. The van der Waals surface area contributed by atoms with Gasteiger partial charge in [0.15, 0.2) is 5.78 Å². The van der Waals surface area contributed by atoms with Crippen LogP contribution in [0.5, 0.6) is 0 Å². The molecule has 0 aromatic rings. The van der Waals surface area contributed by atoms with Crippen molar-refractivity contribution in [1.82, 2.24) is 5.32 Å². The van der Waals surface area contributed by atoms with Gasteiger partial charge in [0, 0.05) is 30.2 Å². The van der Waals surface area contributed by atoms with Crippen LogP contribution >= 0.6 is 0 Å². The Morgan fingerprint density at radius 1 is 0.946 bits per heavy atom. The lowest BCUT2D eigenvalue weighted by Gasteiger charge is -2.72. The molecule has 5 aliphatic rings. The van der Waals surface area contributed by atoms with Gasteiger partial charge in [0.05, 0.1) is 6.57 Å². The summed E-state index contributed by atoms with van der Waals surface area (Å²) in [7, 11) is 0. The van der Waals surface area contributed by atoms with Gasteiger partial charge in [-0.1, -0.05) is 54.5 Å². The summed E-state index contributed by atoms with van der Waals surface area (Å²) in [6.07, 6.45) is 9.23. The van der Waals surface area contributed by atoms with Gasteiger partial charge in [-0.25, -0.2) is 4.85 Å². The van der Waals surface area contributed by atoms with Crippen LogP contribution in [-0.4, -0.2) is 23.0 Å². The molecule has 5 heteroatoms. The van der Waals surface area contributed by atoms with Crippen LogP contribution in [0.1, 0.15) is 107 Å². The number of fused-ring (bicyclic) bond motifs is 7. The van der Waals surface area contributed by atoms with Crippen molar-refractivity contribution in [3.8, 4) is 0 Å². The van der Waals surface area contributed by atoms with E-state index in [1.54, 1.807) is 6.92 Å². The van der Waals surface area contributed by atoms with E-state index in [-0.39, 0.29) is 68.3 Å². The highest BCUT2D eigenvalue weighted by molar-refractivity contribution is 6.02. The summed E-state index contributed by atoms with van der Waals surface area (Å²) in [6.45, 7) is 25.1. The van der Waals surface area contributed by atoms with E-state index in [4.69, 9.17) is 6.57 Å². The number of carbonyl (C=O) groups excluding carboxylic acids is 3. The second kappa shape index (κ2) is 7.80. The SMILES string of the molecule is [C-]#[N+]C1=C[C@]2(C)[C@H]3CC(=O)[C@@H]4[C@@H]5CC(C)(C)CC[C@]5(NC(C)=O)CC[C@@]4(C)[C@]3(C)CC[C@H]2C(C)(C)C1=O. The molecule has 5 nitrogen and oxygen atoms in total. The zero-order chi connectivity index (χ0) is 27.4. The minimum Gasteiger partial charge on any atom is -0.351 e. The van der Waals surface area contributed by atoms with Crippen molar-refractivity contribution in [3.63, 3.8) is 0 Å². The van der Waals surface area contributed by atoms with Crippen molar-refractivity contribution in [3.05, 3.63) is 23.2 Å². The van der Waals surface area contributed by atoms with Crippen LogP contribution in [0.15, 0.2) is 11.8 Å². The van der Waals surface area contributed by atoms with Crippen molar-refractivity contribution >= 4 is 17.5 Å². The molecular weight excluding hydrogens is 460 g/mol. The summed E-state index contributed by atoms with van der Waals surface area (Å²) in [5.74, 6) is 0.615. The highest BCUT2D eigenvalue weighted by Crippen LogP contribution is 2.74. The summed E-state index contributed by atoms with van der Waals surface area (Å²) in [5, 5.41) is 3.40. The van der Waals surface area contributed by atoms with Gasteiger partial charge in [-0.2, -0.15) is 0 Å².